The van der Waals surface area contributed by atoms with Gasteiger partial charge >= 0.3 is 6.18 Å². The molecule has 0 unspecified atom stereocenters. The zero-order chi connectivity index (χ0) is 21.5. The van der Waals surface area contributed by atoms with Crippen LogP contribution in [0.25, 0.3) is 0 Å². The van der Waals surface area contributed by atoms with Crippen LogP contribution < -0.4 is 10.1 Å². The van der Waals surface area contributed by atoms with Gasteiger partial charge in [-0.3, -0.25) is 4.79 Å². The number of rotatable bonds is 3. The van der Waals surface area contributed by atoms with Crippen LogP contribution in [0.3, 0.4) is 0 Å². The molecule has 2 aliphatic rings. The van der Waals surface area contributed by atoms with E-state index in [1.165, 1.54) is 13.2 Å². The Labute approximate surface area is 173 Å². The van der Waals surface area contributed by atoms with Crippen molar-refractivity contribution >= 4 is 11.7 Å². The number of amides is 1. The topological polar surface area (TPSA) is 59.4 Å². The first-order valence-corrected chi connectivity index (χ1v) is 10.1. The van der Waals surface area contributed by atoms with E-state index in [1.807, 2.05) is 0 Å². The summed E-state index contributed by atoms with van der Waals surface area (Å²) in [6.45, 7) is 3.34. The molecule has 1 N–H and O–H groups in total. The largest absolute Gasteiger partial charge is 0.497 e. The number of aromatic nitrogens is 2. The second-order valence-electron chi connectivity index (χ2n) is 8.10. The highest BCUT2D eigenvalue weighted by Crippen LogP contribution is 2.43. The third kappa shape index (κ3) is 3.97. The molecule has 9 heteroatoms. The van der Waals surface area contributed by atoms with Gasteiger partial charge in [0.2, 0.25) is 0 Å². The van der Waals surface area contributed by atoms with Crippen LogP contribution in [0.15, 0.2) is 30.3 Å². The Balaban J connectivity index is 1.62. The fourth-order valence-corrected chi connectivity index (χ4v) is 4.11. The highest BCUT2D eigenvalue weighted by molar-refractivity contribution is 5.93. The molecule has 1 aromatic heterocycles. The van der Waals surface area contributed by atoms with Gasteiger partial charge in [-0.15, -0.1) is 0 Å². The second kappa shape index (κ2) is 7.85. The number of methoxy groups -OCH3 is 1. The van der Waals surface area contributed by atoms with Crippen molar-refractivity contribution in [2.24, 2.45) is 5.92 Å². The molecule has 0 spiro atoms. The smallest absolute Gasteiger partial charge is 0.410 e. The first kappa shape index (κ1) is 20.6. The summed E-state index contributed by atoms with van der Waals surface area (Å²) in [6, 6.07) is 6.02. The van der Waals surface area contributed by atoms with Gasteiger partial charge in [-0.2, -0.15) is 18.3 Å². The molecule has 1 amide bonds. The zero-order valence-electron chi connectivity index (χ0n) is 16.9. The number of likely N-dealkylation sites (tertiary alicyclic amines) is 1. The average molecular weight is 422 g/mol. The Morgan fingerprint density at radius 1 is 1.20 bits per heavy atom. The molecule has 4 rings (SSSR count). The lowest BCUT2D eigenvalue weighted by atomic mass is 9.97. The highest BCUT2D eigenvalue weighted by Gasteiger charge is 2.47. The number of hydrogen-bond acceptors (Lipinski definition) is 4. The number of carbonyl (C=O) groups excluding carboxylic acids is 1. The van der Waals surface area contributed by atoms with Crippen molar-refractivity contribution in [3.05, 3.63) is 41.6 Å². The lowest BCUT2D eigenvalue weighted by Gasteiger charge is -2.33. The van der Waals surface area contributed by atoms with E-state index < -0.39 is 18.3 Å². The molecule has 0 radical (unpaired) electrons. The first-order valence-electron chi connectivity index (χ1n) is 10.1. The number of nitrogens with zero attached hydrogens (tertiary/aromatic N) is 3. The summed E-state index contributed by atoms with van der Waals surface area (Å²) in [4.78, 5) is 14.5. The molecule has 0 saturated carbocycles. The molecule has 0 aliphatic carbocycles. The normalized spacial score (nSPS) is 22.4. The van der Waals surface area contributed by atoms with Crippen LogP contribution in [-0.2, 0) is 0 Å². The van der Waals surface area contributed by atoms with Crippen LogP contribution in [0.1, 0.15) is 54.3 Å². The number of hydrogen-bond donors (Lipinski definition) is 1. The summed E-state index contributed by atoms with van der Waals surface area (Å²) >= 11 is 0. The minimum Gasteiger partial charge on any atom is -0.497 e. The summed E-state index contributed by atoms with van der Waals surface area (Å²) in [6.07, 6.45) is -2.90. The minimum absolute atomic E-state index is 0.0525. The molecule has 1 fully saturated rings. The van der Waals surface area contributed by atoms with Gasteiger partial charge < -0.3 is 15.0 Å². The summed E-state index contributed by atoms with van der Waals surface area (Å²) in [5, 5.41) is 7.20. The van der Waals surface area contributed by atoms with Gasteiger partial charge in [0.25, 0.3) is 5.91 Å². The van der Waals surface area contributed by atoms with Crippen molar-refractivity contribution in [1.82, 2.24) is 14.7 Å². The van der Waals surface area contributed by atoms with Crippen LogP contribution in [0.5, 0.6) is 5.75 Å². The van der Waals surface area contributed by atoms with Crippen molar-refractivity contribution in [1.29, 1.82) is 0 Å². The van der Waals surface area contributed by atoms with Gasteiger partial charge in [0.15, 0.2) is 11.7 Å². The van der Waals surface area contributed by atoms with E-state index >= 15 is 0 Å². The predicted molar refractivity (Wildman–Crippen MR) is 106 cm³/mol. The maximum Gasteiger partial charge on any atom is 0.410 e. The maximum atomic E-state index is 13.8. The number of fused-ring (bicyclic) bond motifs is 1. The number of piperidine rings is 1. The van der Waals surface area contributed by atoms with Crippen LogP contribution in [0, 0.1) is 5.92 Å². The highest BCUT2D eigenvalue weighted by atomic mass is 19.4. The van der Waals surface area contributed by atoms with E-state index in [9.17, 15) is 18.0 Å². The van der Waals surface area contributed by atoms with E-state index in [2.05, 4.69) is 17.3 Å². The molecule has 162 valence electrons. The standard InChI is InChI=1S/C21H25F3N4O2/c1-13-7-9-27(10-8-13)20(29)17-12-19-25-16(14-3-5-15(30-2)6-4-14)11-18(21(22,23)24)28(19)26-17/h3-6,12-13,16,18,25H,7-11H2,1-2H3/t16-,18-/m1/s1. The van der Waals surface area contributed by atoms with E-state index in [-0.39, 0.29) is 23.8 Å². The Bertz CT molecular complexity index is 902. The van der Waals surface area contributed by atoms with Crippen molar-refractivity contribution in [3.8, 4) is 5.75 Å². The molecular formula is C21H25F3N4O2. The average Bonchev–Trinajstić information content (AvgIpc) is 3.16. The fourth-order valence-electron chi connectivity index (χ4n) is 4.11. The zero-order valence-corrected chi connectivity index (χ0v) is 16.9. The molecule has 30 heavy (non-hydrogen) atoms. The monoisotopic (exact) mass is 422 g/mol. The lowest BCUT2D eigenvalue weighted by Crippen LogP contribution is -2.38. The number of nitrogens with one attached hydrogen (secondary N) is 1. The molecule has 2 atom stereocenters. The molecular weight excluding hydrogens is 397 g/mol. The number of alkyl halides is 3. The predicted octanol–water partition coefficient (Wildman–Crippen LogP) is 4.42. The molecule has 0 bridgehead atoms. The van der Waals surface area contributed by atoms with Gasteiger partial charge in [0, 0.05) is 25.6 Å². The SMILES string of the molecule is COc1ccc([C@H]2C[C@H](C(F)(F)F)n3nc(C(=O)N4CCC(C)CC4)cc3N2)cc1. The number of ether oxygens (including phenoxy) is 1. The van der Waals surface area contributed by atoms with Crippen LogP contribution in [0.4, 0.5) is 19.0 Å². The number of carbonyl (C=O) groups is 1. The quantitative estimate of drug-likeness (QED) is 0.795. The second-order valence-corrected chi connectivity index (χ2v) is 8.10. The number of halogens is 3. The van der Waals surface area contributed by atoms with Gasteiger partial charge in [-0.05, 0) is 36.5 Å². The number of benzene rings is 1. The van der Waals surface area contributed by atoms with Crippen molar-refractivity contribution < 1.29 is 22.7 Å². The molecule has 1 saturated heterocycles. The van der Waals surface area contributed by atoms with Crippen molar-refractivity contribution in [2.45, 2.75) is 44.4 Å². The number of anilines is 1. The van der Waals surface area contributed by atoms with E-state index in [1.54, 1.807) is 29.2 Å². The first-order chi connectivity index (χ1) is 14.3. The molecule has 6 nitrogen and oxygen atoms in total. The Morgan fingerprint density at radius 3 is 2.47 bits per heavy atom. The van der Waals surface area contributed by atoms with Crippen LogP contribution >= 0.6 is 0 Å². The molecule has 2 aliphatic heterocycles. The van der Waals surface area contributed by atoms with E-state index in [0.29, 0.717) is 24.8 Å². The maximum absolute atomic E-state index is 13.8. The fraction of sp³-hybridized carbons (Fsp3) is 0.524. The summed E-state index contributed by atoms with van der Waals surface area (Å²) < 4.78 is 47.5. The van der Waals surface area contributed by atoms with Gasteiger partial charge in [0.05, 0.1) is 13.2 Å². The van der Waals surface area contributed by atoms with Gasteiger partial charge in [-0.25, -0.2) is 4.68 Å². The van der Waals surface area contributed by atoms with Crippen molar-refractivity contribution in [2.75, 3.05) is 25.5 Å². The molecule has 2 aromatic rings. The van der Waals surface area contributed by atoms with E-state index in [0.717, 1.165) is 23.1 Å². The summed E-state index contributed by atoms with van der Waals surface area (Å²) in [7, 11) is 1.54. The lowest BCUT2D eigenvalue weighted by molar-refractivity contribution is -0.173. The van der Waals surface area contributed by atoms with E-state index in [4.69, 9.17) is 4.74 Å². The Morgan fingerprint density at radius 2 is 1.87 bits per heavy atom. The minimum atomic E-state index is -4.48. The van der Waals surface area contributed by atoms with Gasteiger partial charge in [-0.1, -0.05) is 19.1 Å². The third-order valence-corrected chi connectivity index (χ3v) is 6.00. The Hall–Kier alpha value is -2.71. The van der Waals surface area contributed by atoms with Crippen LogP contribution in [-0.4, -0.2) is 47.0 Å². The Kier molecular flexibility index (Phi) is 5.38. The molecule has 3 heterocycles. The summed E-state index contributed by atoms with van der Waals surface area (Å²) in [5.74, 6) is 1.08. The van der Waals surface area contributed by atoms with Gasteiger partial charge in [0.1, 0.15) is 11.6 Å². The van der Waals surface area contributed by atoms with Crippen LogP contribution in [0.2, 0.25) is 0 Å². The summed E-state index contributed by atoms with van der Waals surface area (Å²) in [5.41, 5.74) is 0.770. The van der Waals surface area contributed by atoms with Crippen molar-refractivity contribution in [3.63, 3.8) is 0 Å². The molecule has 1 aromatic carbocycles. The third-order valence-electron chi connectivity index (χ3n) is 6.00.